The maximum Gasteiger partial charge on any atom is 0.230 e. The quantitative estimate of drug-likeness (QED) is 0.925. The SMILES string of the molecule is CC(C)C(C(=O)N1C2CCNCC1CC2)c1cccc(Cl)c1. The summed E-state index contributed by atoms with van der Waals surface area (Å²) in [6.07, 6.45) is 3.35. The highest BCUT2D eigenvalue weighted by Crippen LogP contribution is 2.35. The van der Waals surface area contributed by atoms with Gasteiger partial charge < -0.3 is 10.2 Å². The number of nitrogens with one attached hydrogen (secondary N) is 1. The van der Waals surface area contributed by atoms with Gasteiger partial charge in [-0.1, -0.05) is 37.6 Å². The molecular weight excluding hydrogens is 296 g/mol. The van der Waals surface area contributed by atoms with Gasteiger partial charge in [-0.05, 0) is 49.4 Å². The first-order valence-electron chi connectivity index (χ1n) is 8.36. The highest BCUT2D eigenvalue weighted by Gasteiger charge is 2.41. The Bertz CT molecular complexity index is 532. The van der Waals surface area contributed by atoms with E-state index in [4.69, 9.17) is 11.6 Å². The van der Waals surface area contributed by atoms with Crippen LogP contribution in [0.1, 0.15) is 44.6 Å². The number of halogens is 1. The lowest BCUT2D eigenvalue weighted by Crippen LogP contribution is -2.45. The van der Waals surface area contributed by atoms with Crippen LogP contribution in [0.15, 0.2) is 24.3 Å². The van der Waals surface area contributed by atoms with Crippen LogP contribution < -0.4 is 5.32 Å². The molecule has 120 valence electrons. The maximum atomic E-state index is 13.3. The molecule has 1 aromatic carbocycles. The standard InChI is InChI=1S/C18H25ClN2O/c1-12(2)17(13-4-3-5-14(19)10-13)18(22)21-15-6-7-16(21)11-20-9-8-15/h3-5,10,12,15-17,20H,6-9,11H2,1-2H3. The summed E-state index contributed by atoms with van der Waals surface area (Å²) in [5.74, 6) is 0.454. The van der Waals surface area contributed by atoms with Gasteiger partial charge in [0.15, 0.2) is 0 Å². The highest BCUT2D eigenvalue weighted by molar-refractivity contribution is 6.30. The molecule has 2 aliphatic heterocycles. The number of benzene rings is 1. The number of nitrogens with zero attached hydrogens (tertiary/aromatic N) is 1. The van der Waals surface area contributed by atoms with E-state index in [1.54, 1.807) is 0 Å². The van der Waals surface area contributed by atoms with Crippen molar-refractivity contribution in [3.8, 4) is 0 Å². The van der Waals surface area contributed by atoms with Crippen molar-refractivity contribution in [2.24, 2.45) is 5.92 Å². The number of hydrogen-bond donors (Lipinski definition) is 1. The van der Waals surface area contributed by atoms with Gasteiger partial charge in [-0.2, -0.15) is 0 Å². The molecule has 3 rings (SSSR count). The molecule has 2 bridgehead atoms. The minimum absolute atomic E-state index is 0.0973. The zero-order valence-electron chi connectivity index (χ0n) is 13.4. The maximum absolute atomic E-state index is 13.3. The van der Waals surface area contributed by atoms with Crippen molar-refractivity contribution in [3.63, 3.8) is 0 Å². The van der Waals surface area contributed by atoms with Crippen LogP contribution in [0.25, 0.3) is 0 Å². The van der Waals surface area contributed by atoms with Crippen molar-refractivity contribution in [2.45, 2.75) is 51.1 Å². The Morgan fingerprint density at radius 1 is 1.27 bits per heavy atom. The number of hydrogen-bond acceptors (Lipinski definition) is 2. The Hall–Kier alpha value is -1.06. The number of amides is 1. The molecule has 0 aliphatic carbocycles. The number of carbonyl (C=O) groups excluding carboxylic acids is 1. The van der Waals surface area contributed by atoms with Gasteiger partial charge in [0.1, 0.15) is 0 Å². The van der Waals surface area contributed by atoms with E-state index in [0.29, 0.717) is 17.1 Å². The lowest BCUT2D eigenvalue weighted by atomic mass is 9.86. The van der Waals surface area contributed by atoms with Gasteiger partial charge in [0.2, 0.25) is 5.91 Å². The summed E-state index contributed by atoms with van der Waals surface area (Å²) in [7, 11) is 0. The van der Waals surface area contributed by atoms with Crippen molar-refractivity contribution in [1.29, 1.82) is 0 Å². The van der Waals surface area contributed by atoms with Crippen LogP contribution >= 0.6 is 11.6 Å². The van der Waals surface area contributed by atoms with Crippen LogP contribution in [0.3, 0.4) is 0 Å². The van der Waals surface area contributed by atoms with E-state index in [1.807, 2.05) is 24.3 Å². The van der Waals surface area contributed by atoms with Gasteiger partial charge in [0, 0.05) is 23.7 Å². The Morgan fingerprint density at radius 3 is 2.77 bits per heavy atom. The zero-order chi connectivity index (χ0) is 15.7. The minimum Gasteiger partial charge on any atom is -0.335 e. The second-order valence-corrected chi connectivity index (χ2v) is 7.34. The number of rotatable bonds is 3. The summed E-state index contributed by atoms with van der Waals surface area (Å²) in [6.45, 7) is 6.21. The van der Waals surface area contributed by atoms with Gasteiger partial charge in [-0.15, -0.1) is 0 Å². The fourth-order valence-electron chi connectivity index (χ4n) is 4.02. The first-order valence-corrected chi connectivity index (χ1v) is 8.74. The molecule has 0 saturated carbocycles. The van der Waals surface area contributed by atoms with Gasteiger partial charge in [0.05, 0.1) is 5.92 Å². The second-order valence-electron chi connectivity index (χ2n) is 6.90. The van der Waals surface area contributed by atoms with E-state index in [0.717, 1.165) is 37.9 Å². The summed E-state index contributed by atoms with van der Waals surface area (Å²) in [5.41, 5.74) is 1.05. The molecule has 2 saturated heterocycles. The molecule has 3 unspecified atom stereocenters. The molecule has 2 heterocycles. The Labute approximate surface area is 138 Å². The van der Waals surface area contributed by atoms with Crippen LogP contribution in [0, 0.1) is 5.92 Å². The van der Waals surface area contributed by atoms with Gasteiger partial charge >= 0.3 is 0 Å². The lowest BCUT2D eigenvalue weighted by Gasteiger charge is -2.33. The first-order chi connectivity index (χ1) is 10.6. The first kappa shape index (κ1) is 15.8. The second kappa shape index (κ2) is 6.59. The van der Waals surface area contributed by atoms with E-state index in [1.165, 1.54) is 0 Å². The average Bonchev–Trinajstić information content (AvgIpc) is 2.72. The molecule has 0 spiro atoms. The summed E-state index contributed by atoms with van der Waals surface area (Å²) in [6, 6.07) is 8.56. The van der Waals surface area contributed by atoms with Gasteiger partial charge in [-0.3, -0.25) is 4.79 Å². The molecule has 0 aromatic heterocycles. The van der Waals surface area contributed by atoms with Crippen molar-refractivity contribution in [1.82, 2.24) is 10.2 Å². The highest BCUT2D eigenvalue weighted by atomic mass is 35.5. The molecule has 0 radical (unpaired) electrons. The molecule has 3 atom stereocenters. The molecule has 2 aliphatic rings. The molecule has 22 heavy (non-hydrogen) atoms. The van der Waals surface area contributed by atoms with Crippen molar-refractivity contribution >= 4 is 17.5 Å². The Morgan fingerprint density at radius 2 is 2.05 bits per heavy atom. The third kappa shape index (κ3) is 3.02. The Kier molecular flexibility index (Phi) is 4.74. The topological polar surface area (TPSA) is 32.3 Å². The van der Waals surface area contributed by atoms with E-state index < -0.39 is 0 Å². The third-order valence-corrected chi connectivity index (χ3v) is 5.28. The monoisotopic (exact) mass is 320 g/mol. The summed E-state index contributed by atoms with van der Waals surface area (Å²) < 4.78 is 0. The molecular formula is C18H25ClN2O. The largest absolute Gasteiger partial charge is 0.335 e. The normalized spacial score (nSPS) is 26.1. The zero-order valence-corrected chi connectivity index (χ0v) is 14.1. The van der Waals surface area contributed by atoms with Crippen molar-refractivity contribution in [2.75, 3.05) is 13.1 Å². The van der Waals surface area contributed by atoms with E-state index in [9.17, 15) is 4.79 Å². The molecule has 1 aromatic rings. The molecule has 4 heteroatoms. The average molecular weight is 321 g/mol. The predicted molar refractivity (Wildman–Crippen MR) is 90.2 cm³/mol. The van der Waals surface area contributed by atoms with Crippen LogP contribution in [-0.4, -0.2) is 36.0 Å². The smallest absolute Gasteiger partial charge is 0.230 e. The number of fused-ring (bicyclic) bond motifs is 2. The van der Waals surface area contributed by atoms with Crippen LogP contribution in [0.2, 0.25) is 5.02 Å². The van der Waals surface area contributed by atoms with Crippen LogP contribution in [0.5, 0.6) is 0 Å². The van der Waals surface area contributed by atoms with E-state index in [2.05, 4.69) is 24.1 Å². The van der Waals surface area contributed by atoms with E-state index in [-0.39, 0.29) is 17.7 Å². The Balaban J connectivity index is 1.90. The summed E-state index contributed by atoms with van der Waals surface area (Å²) in [4.78, 5) is 15.5. The van der Waals surface area contributed by atoms with Crippen LogP contribution in [-0.2, 0) is 4.79 Å². The molecule has 2 fully saturated rings. The van der Waals surface area contributed by atoms with Crippen molar-refractivity contribution in [3.05, 3.63) is 34.9 Å². The molecule has 1 N–H and O–H groups in total. The van der Waals surface area contributed by atoms with Gasteiger partial charge in [0.25, 0.3) is 0 Å². The fourth-order valence-corrected chi connectivity index (χ4v) is 4.21. The number of carbonyl (C=O) groups is 1. The lowest BCUT2D eigenvalue weighted by molar-refractivity contribution is -0.136. The fraction of sp³-hybridized carbons (Fsp3) is 0.611. The van der Waals surface area contributed by atoms with Gasteiger partial charge in [-0.25, -0.2) is 0 Å². The molecule has 3 nitrogen and oxygen atoms in total. The van der Waals surface area contributed by atoms with E-state index >= 15 is 0 Å². The minimum atomic E-state index is -0.0973. The predicted octanol–water partition coefficient (Wildman–Crippen LogP) is 3.43. The summed E-state index contributed by atoms with van der Waals surface area (Å²) >= 11 is 6.14. The summed E-state index contributed by atoms with van der Waals surface area (Å²) in [5, 5.41) is 4.17. The van der Waals surface area contributed by atoms with Crippen molar-refractivity contribution < 1.29 is 4.79 Å². The third-order valence-electron chi connectivity index (χ3n) is 5.05. The van der Waals surface area contributed by atoms with Crippen LogP contribution in [0.4, 0.5) is 0 Å². The molecule has 1 amide bonds.